The summed E-state index contributed by atoms with van der Waals surface area (Å²) in [5, 5.41) is 14.2. The summed E-state index contributed by atoms with van der Waals surface area (Å²) in [6.45, 7) is 5.33. The number of nitrogens with one attached hydrogen (secondary N) is 1. The van der Waals surface area contributed by atoms with Gasteiger partial charge in [0.1, 0.15) is 23.3 Å². The SMILES string of the molecule is CC(C)C[C@]1(O)CCN(CC(=O)Nc2ccc(Br)cc2)C[C@@H]1Oc1ccc(F)cc1. The highest BCUT2D eigenvalue weighted by atomic mass is 79.9. The lowest BCUT2D eigenvalue weighted by Crippen LogP contribution is -2.59. The van der Waals surface area contributed by atoms with Crippen molar-refractivity contribution >= 4 is 27.5 Å². The van der Waals surface area contributed by atoms with Gasteiger partial charge in [0.05, 0.1) is 6.54 Å². The Morgan fingerprint density at radius 2 is 1.93 bits per heavy atom. The van der Waals surface area contributed by atoms with Crippen molar-refractivity contribution in [1.82, 2.24) is 4.90 Å². The van der Waals surface area contributed by atoms with E-state index >= 15 is 0 Å². The molecule has 1 amide bonds. The van der Waals surface area contributed by atoms with E-state index in [-0.39, 0.29) is 18.3 Å². The Morgan fingerprint density at radius 3 is 2.57 bits per heavy atom. The van der Waals surface area contributed by atoms with Crippen LogP contribution in [0.4, 0.5) is 10.1 Å². The number of rotatable bonds is 7. The van der Waals surface area contributed by atoms with Gasteiger partial charge >= 0.3 is 0 Å². The second-order valence-electron chi connectivity index (χ2n) is 8.30. The maximum absolute atomic E-state index is 13.2. The molecule has 2 aromatic rings. The van der Waals surface area contributed by atoms with E-state index in [4.69, 9.17) is 4.74 Å². The Balaban J connectivity index is 1.66. The largest absolute Gasteiger partial charge is 0.486 e. The number of likely N-dealkylation sites (tertiary alicyclic amines) is 1. The van der Waals surface area contributed by atoms with E-state index in [1.165, 1.54) is 12.1 Å². The minimum absolute atomic E-state index is 0.118. The van der Waals surface area contributed by atoms with Crippen LogP contribution in [0.3, 0.4) is 0 Å². The van der Waals surface area contributed by atoms with E-state index < -0.39 is 11.7 Å². The van der Waals surface area contributed by atoms with E-state index in [1.807, 2.05) is 29.2 Å². The summed E-state index contributed by atoms with van der Waals surface area (Å²) in [4.78, 5) is 14.5. The molecule has 162 valence electrons. The van der Waals surface area contributed by atoms with Crippen LogP contribution in [0.15, 0.2) is 53.0 Å². The van der Waals surface area contributed by atoms with Crippen LogP contribution in [-0.4, -0.2) is 47.3 Å². The van der Waals surface area contributed by atoms with Crippen LogP contribution in [0.25, 0.3) is 0 Å². The fourth-order valence-electron chi connectivity index (χ4n) is 3.85. The molecule has 0 spiro atoms. The Morgan fingerprint density at radius 1 is 1.27 bits per heavy atom. The average Bonchev–Trinajstić information content (AvgIpc) is 2.68. The van der Waals surface area contributed by atoms with E-state index in [0.717, 1.165) is 10.2 Å². The number of halogens is 2. The van der Waals surface area contributed by atoms with Gasteiger partial charge in [-0.3, -0.25) is 9.69 Å². The standard InChI is InChI=1S/C23H28BrFN2O3/c1-16(2)13-23(29)11-12-27(14-21(23)30-20-9-5-18(25)6-10-20)15-22(28)26-19-7-3-17(24)4-8-19/h3-10,16,21,29H,11-15H2,1-2H3,(H,26,28)/t21-,23+/m0/s1. The number of carbonyl (C=O) groups excluding carboxylic acids is 1. The molecule has 5 nitrogen and oxygen atoms in total. The number of ether oxygens (including phenoxy) is 1. The summed E-state index contributed by atoms with van der Waals surface area (Å²) in [5.41, 5.74) is -0.267. The van der Waals surface area contributed by atoms with Crippen molar-refractivity contribution in [3.63, 3.8) is 0 Å². The number of anilines is 1. The molecule has 7 heteroatoms. The number of amides is 1. The summed E-state index contributed by atoms with van der Waals surface area (Å²) in [6.07, 6.45) is 0.583. The van der Waals surface area contributed by atoms with Gasteiger partial charge in [0, 0.05) is 23.2 Å². The van der Waals surface area contributed by atoms with Crippen molar-refractivity contribution in [3.05, 3.63) is 58.8 Å². The fraction of sp³-hybridized carbons (Fsp3) is 0.435. The molecule has 1 aliphatic heterocycles. The summed E-state index contributed by atoms with van der Waals surface area (Å²) in [6, 6.07) is 13.2. The molecule has 2 atom stereocenters. The number of carbonyl (C=O) groups is 1. The van der Waals surface area contributed by atoms with E-state index in [0.29, 0.717) is 37.6 Å². The molecule has 0 unspecified atom stereocenters. The Kier molecular flexibility index (Phi) is 7.50. The van der Waals surface area contributed by atoms with Crippen LogP contribution in [0, 0.1) is 11.7 Å². The van der Waals surface area contributed by atoms with Crippen LogP contribution < -0.4 is 10.1 Å². The van der Waals surface area contributed by atoms with Crippen molar-refractivity contribution in [1.29, 1.82) is 0 Å². The molecule has 0 aliphatic carbocycles. The van der Waals surface area contributed by atoms with Gasteiger partial charge in [-0.2, -0.15) is 0 Å². The molecule has 1 aliphatic rings. The predicted octanol–water partition coefficient (Wildman–Crippen LogP) is 4.46. The molecule has 2 aromatic carbocycles. The fourth-order valence-corrected chi connectivity index (χ4v) is 4.12. The summed E-state index contributed by atoms with van der Waals surface area (Å²) in [5.74, 6) is 0.341. The first-order chi connectivity index (χ1) is 14.2. The minimum atomic E-state index is -0.999. The van der Waals surface area contributed by atoms with Crippen molar-refractivity contribution in [2.45, 2.75) is 38.4 Å². The Labute approximate surface area is 185 Å². The first kappa shape index (κ1) is 22.7. The van der Waals surface area contributed by atoms with Gasteiger partial charge in [0.15, 0.2) is 0 Å². The zero-order chi connectivity index (χ0) is 21.7. The van der Waals surface area contributed by atoms with E-state index in [1.54, 1.807) is 12.1 Å². The Bertz CT molecular complexity index is 845. The summed E-state index contributed by atoms with van der Waals surface area (Å²) < 4.78 is 20.3. The molecular weight excluding hydrogens is 451 g/mol. The maximum Gasteiger partial charge on any atom is 0.238 e. The molecule has 2 N–H and O–H groups in total. The number of hydrogen-bond acceptors (Lipinski definition) is 4. The monoisotopic (exact) mass is 478 g/mol. The first-order valence-corrected chi connectivity index (χ1v) is 11.0. The van der Waals surface area contributed by atoms with Crippen molar-refractivity contribution in [2.24, 2.45) is 5.92 Å². The van der Waals surface area contributed by atoms with Gasteiger partial charge in [-0.25, -0.2) is 4.39 Å². The molecule has 3 rings (SSSR count). The summed E-state index contributed by atoms with van der Waals surface area (Å²) in [7, 11) is 0. The normalized spacial score (nSPS) is 22.1. The second kappa shape index (κ2) is 9.90. The minimum Gasteiger partial charge on any atom is -0.486 e. The Hall–Kier alpha value is -1.96. The highest BCUT2D eigenvalue weighted by Crippen LogP contribution is 2.32. The molecular formula is C23H28BrFN2O3. The number of hydrogen-bond donors (Lipinski definition) is 2. The highest BCUT2D eigenvalue weighted by molar-refractivity contribution is 9.10. The molecule has 1 heterocycles. The van der Waals surface area contributed by atoms with Gasteiger partial charge in [0.25, 0.3) is 0 Å². The van der Waals surface area contributed by atoms with Crippen LogP contribution in [0.5, 0.6) is 5.75 Å². The van der Waals surface area contributed by atoms with Gasteiger partial charge in [-0.05, 0) is 67.3 Å². The predicted molar refractivity (Wildman–Crippen MR) is 119 cm³/mol. The third kappa shape index (κ3) is 6.27. The van der Waals surface area contributed by atoms with Crippen LogP contribution >= 0.6 is 15.9 Å². The first-order valence-electron chi connectivity index (χ1n) is 10.2. The van der Waals surface area contributed by atoms with Crippen molar-refractivity contribution < 1.29 is 19.0 Å². The van der Waals surface area contributed by atoms with Gasteiger partial charge in [0.2, 0.25) is 5.91 Å². The number of benzene rings is 2. The van der Waals surface area contributed by atoms with Crippen molar-refractivity contribution in [2.75, 3.05) is 25.0 Å². The van der Waals surface area contributed by atoms with Crippen molar-refractivity contribution in [3.8, 4) is 5.75 Å². The topological polar surface area (TPSA) is 61.8 Å². The smallest absolute Gasteiger partial charge is 0.238 e. The summed E-state index contributed by atoms with van der Waals surface area (Å²) >= 11 is 3.38. The number of aliphatic hydroxyl groups is 1. The molecule has 0 radical (unpaired) electrons. The number of piperidine rings is 1. The maximum atomic E-state index is 13.2. The molecule has 0 bridgehead atoms. The zero-order valence-corrected chi connectivity index (χ0v) is 18.9. The van der Waals surface area contributed by atoms with Crippen LogP contribution in [-0.2, 0) is 4.79 Å². The van der Waals surface area contributed by atoms with Crippen LogP contribution in [0.1, 0.15) is 26.7 Å². The third-order valence-corrected chi connectivity index (χ3v) is 5.76. The number of nitrogens with zero attached hydrogens (tertiary/aromatic N) is 1. The molecule has 1 fully saturated rings. The van der Waals surface area contributed by atoms with E-state index in [2.05, 4.69) is 35.1 Å². The molecule has 1 saturated heterocycles. The van der Waals surface area contributed by atoms with Gasteiger partial charge in [-0.1, -0.05) is 29.8 Å². The van der Waals surface area contributed by atoms with Crippen LogP contribution in [0.2, 0.25) is 0 Å². The zero-order valence-electron chi connectivity index (χ0n) is 17.3. The van der Waals surface area contributed by atoms with Gasteiger partial charge in [-0.15, -0.1) is 0 Å². The average molecular weight is 479 g/mol. The lowest BCUT2D eigenvalue weighted by atomic mass is 9.81. The quantitative estimate of drug-likeness (QED) is 0.616. The highest BCUT2D eigenvalue weighted by Gasteiger charge is 2.43. The lowest BCUT2D eigenvalue weighted by molar-refractivity contribution is -0.129. The van der Waals surface area contributed by atoms with E-state index in [9.17, 15) is 14.3 Å². The molecule has 30 heavy (non-hydrogen) atoms. The molecule has 0 saturated carbocycles. The second-order valence-corrected chi connectivity index (χ2v) is 9.22. The lowest BCUT2D eigenvalue weighted by Gasteiger charge is -2.45. The third-order valence-electron chi connectivity index (χ3n) is 5.23. The van der Waals surface area contributed by atoms with Gasteiger partial charge < -0.3 is 15.2 Å². The molecule has 0 aromatic heterocycles.